The van der Waals surface area contributed by atoms with Gasteiger partial charge in [-0.05, 0) is 57.0 Å². The average molecular weight is 368 g/mol. The number of carbonyl (C=O) groups excluding carboxylic acids is 1. The fourth-order valence-electron chi connectivity index (χ4n) is 2.95. The van der Waals surface area contributed by atoms with Crippen molar-refractivity contribution in [3.05, 3.63) is 47.5 Å². The number of benzene rings is 1. The van der Waals surface area contributed by atoms with E-state index in [1.807, 2.05) is 6.92 Å². The summed E-state index contributed by atoms with van der Waals surface area (Å²) in [6.45, 7) is 3.83. The van der Waals surface area contributed by atoms with Gasteiger partial charge in [0.1, 0.15) is 5.82 Å². The van der Waals surface area contributed by atoms with E-state index in [0.717, 1.165) is 31.5 Å². The lowest BCUT2D eigenvalue weighted by atomic mass is 10.1. The maximum atomic E-state index is 12.9. The van der Waals surface area contributed by atoms with Crippen LogP contribution in [0.4, 0.5) is 4.39 Å². The van der Waals surface area contributed by atoms with E-state index in [2.05, 4.69) is 20.9 Å². The van der Waals surface area contributed by atoms with Crippen LogP contribution in [0.2, 0.25) is 0 Å². The van der Waals surface area contributed by atoms with Gasteiger partial charge in [0, 0.05) is 6.04 Å². The Morgan fingerprint density at radius 3 is 2.72 bits per heavy atom. The van der Waals surface area contributed by atoms with Gasteiger partial charge in [-0.15, -0.1) is 17.5 Å². The van der Waals surface area contributed by atoms with Crippen LogP contribution in [0.1, 0.15) is 41.9 Å². The van der Waals surface area contributed by atoms with E-state index in [1.54, 1.807) is 23.0 Å². The van der Waals surface area contributed by atoms with Crippen LogP contribution in [0.5, 0.6) is 0 Å². The molecule has 1 atom stereocenters. The first-order valence-electron chi connectivity index (χ1n) is 8.29. The maximum Gasteiger partial charge on any atom is 0.273 e. The second kappa shape index (κ2) is 8.92. The number of piperidine rings is 1. The summed E-state index contributed by atoms with van der Waals surface area (Å²) in [5, 5.41) is 14.3. The van der Waals surface area contributed by atoms with Gasteiger partial charge in [0.05, 0.1) is 12.2 Å². The third kappa shape index (κ3) is 5.24. The van der Waals surface area contributed by atoms with Crippen LogP contribution in [0, 0.1) is 5.82 Å². The van der Waals surface area contributed by atoms with Crippen molar-refractivity contribution in [1.82, 2.24) is 25.6 Å². The third-order valence-electron chi connectivity index (χ3n) is 4.26. The molecule has 1 aliphatic rings. The minimum atomic E-state index is -0.259. The van der Waals surface area contributed by atoms with E-state index in [9.17, 15) is 9.18 Å². The number of hydrogen-bond donors (Lipinski definition) is 2. The van der Waals surface area contributed by atoms with Crippen LogP contribution < -0.4 is 10.6 Å². The SMILES string of the molecule is CC(Cc1ccc(F)cc1)NC(=O)c1cn(C2CCNCC2)nn1.Cl. The van der Waals surface area contributed by atoms with Crippen molar-refractivity contribution < 1.29 is 9.18 Å². The van der Waals surface area contributed by atoms with Gasteiger partial charge in [0.25, 0.3) is 5.91 Å². The lowest BCUT2D eigenvalue weighted by molar-refractivity contribution is 0.0935. The van der Waals surface area contributed by atoms with Gasteiger partial charge in [0.2, 0.25) is 0 Å². The molecule has 2 N–H and O–H groups in total. The number of rotatable bonds is 5. The maximum absolute atomic E-state index is 12.9. The minimum absolute atomic E-state index is 0. The van der Waals surface area contributed by atoms with E-state index < -0.39 is 0 Å². The fourth-order valence-corrected chi connectivity index (χ4v) is 2.95. The molecule has 2 heterocycles. The van der Waals surface area contributed by atoms with Crippen LogP contribution in [-0.2, 0) is 6.42 Å². The summed E-state index contributed by atoms with van der Waals surface area (Å²) in [6, 6.07) is 6.53. The largest absolute Gasteiger partial charge is 0.348 e. The molecule has 0 aliphatic carbocycles. The lowest BCUT2D eigenvalue weighted by Gasteiger charge is -2.22. The first-order valence-corrected chi connectivity index (χ1v) is 8.29. The van der Waals surface area contributed by atoms with Crippen molar-refractivity contribution in [2.45, 2.75) is 38.3 Å². The van der Waals surface area contributed by atoms with E-state index in [-0.39, 0.29) is 30.2 Å². The third-order valence-corrected chi connectivity index (χ3v) is 4.26. The van der Waals surface area contributed by atoms with Crippen LogP contribution in [-0.4, -0.2) is 40.0 Å². The van der Waals surface area contributed by atoms with Crippen molar-refractivity contribution >= 4 is 18.3 Å². The van der Waals surface area contributed by atoms with Gasteiger partial charge < -0.3 is 10.6 Å². The van der Waals surface area contributed by atoms with Crippen LogP contribution >= 0.6 is 12.4 Å². The van der Waals surface area contributed by atoms with Gasteiger partial charge in [-0.2, -0.15) is 0 Å². The van der Waals surface area contributed by atoms with Crippen molar-refractivity contribution in [3.8, 4) is 0 Å². The molecule has 1 aliphatic heterocycles. The number of hydrogen-bond acceptors (Lipinski definition) is 4. The van der Waals surface area contributed by atoms with Crippen molar-refractivity contribution in [3.63, 3.8) is 0 Å². The number of nitrogens with zero attached hydrogens (tertiary/aromatic N) is 3. The predicted molar refractivity (Wildman–Crippen MR) is 95.4 cm³/mol. The topological polar surface area (TPSA) is 71.8 Å². The van der Waals surface area contributed by atoms with Crippen LogP contribution in [0.25, 0.3) is 0 Å². The van der Waals surface area contributed by atoms with Crippen molar-refractivity contribution in [2.75, 3.05) is 13.1 Å². The number of amides is 1. The molecule has 1 amide bonds. The van der Waals surface area contributed by atoms with Gasteiger partial charge >= 0.3 is 0 Å². The Bertz CT molecular complexity index is 685. The smallest absolute Gasteiger partial charge is 0.273 e. The molecular weight excluding hydrogens is 345 g/mol. The molecule has 1 unspecified atom stereocenters. The number of nitrogens with one attached hydrogen (secondary N) is 2. The first kappa shape index (κ1) is 19.3. The predicted octanol–water partition coefficient (Wildman–Crippen LogP) is 2.12. The van der Waals surface area contributed by atoms with Gasteiger partial charge in [-0.1, -0.05) is 17.3 Å². The van der Waals surface area contributed by atoms with Gasteiger partial charge in [-0.25, -0.2) is 9.07 Å². The van der Waals surface area contributed by atoms with E-state index >= 15 is 0 Å². The zero-order valence-electron chi connectivity index (χ0n) is 14.1. The highest BCUT2D eigenvalue weighted by atomic mass is 35.5. The molecule has 1 fully saturated rings. The van der Waals surface area contributed by atoms with Crippen LogP contribution in [0.15, 0.2) is 30.5 Å². The monoisotopic (exact) mass is 367 g/mol. The molecule has 1 aromatic heterocycles. The fraction of sp³-hybridized carbons (Fsp3) is 0.471. The van der Waals surface area contributed by atoms with Crippen molar-refractivity contribution in [2.24, 2.45) is 0 Å². The van der Waals surface area contributed by atoms with E-state index in [0.29, 0.717) is 18.2 Å². The molecular formula is C17H23ClFN5O. The highest BCUT2D eigenvalue weighted by Gasteiger charge is 2.19. The molecule has 0 bridgehead atoms. The molecule has 6 nitrogen and oxygen atoms in total. The molecule has 0 saturated carbocycles. The minimum Gasteiger partial charge on any atom is -0.348 e. The lowest BCUT2D eigenvalue weighted by Crippen LogP contribution is -2.34. The normalized spacial score (nSPS) is 16.1. The summed E-state index contributed by atoms with van der Waals surface area (Å²) >= 11 is 0. The molecule has 0 radical (unpaired) electrons. The van der Waals surface area contributed by atoms with Crippen molar-refractivity contribution in [1.29, 1.82) is 0 Å². The van der Waals surface area contributed by atoms with E-state index in [1.165, 1.54) is 12.1 Å². The van der Waals surface area contributed by atoms with E-state index in [4.69, 9.17) is 0 Å². The second-order valence-corrected chi connectivity index (χ2v) is 6.27. The van der Waals surface area contributed by atoms with Crippen LogP contribution in [0.3, 0.4) is 0 Å². The Labute approximate surface area is 152 Å². The average Bonchev–Trinajstić information content (AvgIpc) is 3.08. The Morgan fingerprint density at radius 1 is 1.36 bits per heavy atom. The number of halogens is 2. The quantitative estimate of drug-likeness (QED) is 0.849. The Kier molecular flexibility index (Phi) is 6.90. The zero-order valence-corrected chi connectivity index (χ0v) is 14.9. The van der Waals surface area contributed by atoms with Gasteiger partial charge in [0.15, 0.2) is 5.69 Å². The zero-order chi connectivity index (χ0) is 16.9. The summed E-state index contributed by atoms with van der Waals surface area (Å²) in [6.07, 6.45) is 4.33. The summed E-state index contributed by atoms with van der Waals surface area (Å²) in [5.41, 5.74) is 1.31. The van der Waals surface area contributed by atoms with Gasteiger partial charge in [-0.3, -0.25) is 4.79 Å². The molecule has 1 aromatic carbocycles. The highest BCUT2D eigenvalue weighted by Crippen LogP contribution is 2.17. The Balaban J connectivity index is 0.00000225. The second-order valence-electron chi connectivity index (χ2n) is 6.27. The standard InChI is InChI=1S/C17H22FN5O.ClH/c1-12(10-13-2-4-14(18)5-3-13)20-17(24)16-11-23(22-21-16)15-6-8-19-9-7-15;/h2-5,11-12,15,19H,6-10H2,1H3,(H,20,24);1H. The molecule has 136 valence electrons. The summed E-state index contributed by atoms with van der Waals surface area (Å²) in [4.78, 5) is 12.3. The Hall–Kier alpha value is -1.99. The molecule has 2 aromatic rings. The highest BCUT2D eigenvalue weighted by molar-refractivity contribution is 5.92. The molecule has 0 spiro atoms. The summed E-state index contributed by atoms with van der Waals surface area (Å²) in [7, 11) is 0. The number of aromatic nitrogens is 3. The Morgan fingerprint density at radius 2 is 2.04 bits per heavy atom. The summed E-state index contributed by atoms with van der Waals surface area (Å²) in [5.74, 6) is -0.491. The summed E-state index contributed by atoms with van der Waals surface area (Å²) < 4.78 is 14.7. The molecule has 25 heavy (non-hydrogen) atoms. The first-order chi connectivity index (χ1) is 11.6. The molecule has 1 saturated heterocycles. The number of carbonyl (C=O) groups is 1. The molecule has 3 rings (SSSR count). The molecule has 8 heteroatoms.